The molecule has 25 heavy (non-hydrogen) atoms. The Morgan fingerprint density at radius 1 is 1.32 bits per heavy atom. The minimum Gasteiger partial charge on any atom is -0.495 e. The van der Waals surface area contributed by atoms with Crippen LogP contribution in [0.1, 0.15) is 19.3 Å². The molecule has 1 aliphatic heterocycles. The van der Waals surface area contributed by atoms with Gasteiger partial charge in [0.25, 0.3) is 0 Å². The first-order valence-corrected chi connectivity index (χ1v) is 9.75. The molecule has 0 atom stereocenters. The fraction of sp³-hybridized carbons (Fsp3) is 0.500. The van der Waals surface area contributed by atoms with Crippen LogP contribution in [0.5, 0.6) is 5.75 Å². The van der Waals surface area contributed by atoms with E-state index < -0.39 is 10.9 Å². The SMILES string of the molecule is COc1cc2ncnc(N3CCC(CCN[SH](=O)=O)CC3)c2cc1Cl. The van der Waals surface area contributed by atoms with Gasteiger partial charge in [-0.3, -0.25) is 0 Å². The maximum atomic E-state index is 10.6. The number of rotatable bonds is 6. The zero-order valence-electron chi connectivity index (χ0n) is 13.9. The van der Waals surface area contributed by atoms with Gasteiger partial charge in [-0.25, -0.2) is 23.1 Å². The van der Waals surface area contributed by atoms with Gasteiger partial charge >= 0.3 is 0 Å². The van der Waals surface area contributed by atoms with Crippen molar-refractivity contribution >= 4 is 39.2 Å². The van der Waals surface area contributed by atoms with Gasteiger partial charge in [-0.15, -0.1) is 0 Å². The van der Waals surface area contributed by atoms with Crippen LogP contribution in [0.4, 0.5) is 5.82 Å². The number of hydrogen-bond acceptors (Lipinski definition) is 6. The van der Waals surface area contributed by atoms with E-state index in [1.807, 2.05) is 12.1 Å². The van der Waals surface area contributed by atoms with E-state index >= 15 is 0 Å². The van der Waals surface area contributed by atoms with Gasteiger partial charge in [0, 0.05) is 31.1 Å². The third-order valence-corrected chi connectivity index (χ3v) is 5.37. The molecule has 0 unspecified atom stereocenters. The molecule has 0 bridgehead atoms. The van der Waals surface area contributed by atoms with Crippen LogP contribution < -0.4 is 14.4 Å². The molecule has 0 spiro atoms. The number of methoxy groups -OCH3 is 1. The predicted molar refractivity (Wildman–Crippen MR) is 99.0 cm³/mol. The summed E-state index contributed by atoms with van der Waals surface area (Å²) in [5, 5.41) is 1.45. The van der Waals surface area contributed by atoms with E-state index in [0.717, 1.165) is 49.1 Å². The van der Waals surface area contributed by atoms with Crippen molar-refractivity contribution in [3.05, 3.63) is 23.5 Å². The lowest BCUT2D eigenvalue weighted by atomic mass is 9.93. The molecule has 1 aromatic heterocycles. The Morgan fingerprint density at radius 2 is 2.08 bits per heavy atom. The fourth-order valence-corrected chi connectivity index (χ4v) is 3.80. The highest BCUT2D eigenvalue weighted by Gasteiger charge is 2.22. The van der Waals surface area contributed by atoms with Crippen LogP contribution in [0.15, 0.2) is 18.5 Å². The minimum absolute atomic E-state index is 0.509. The maximum Gasteiger partial charge on any atom is 0.201 e. The molecule has 0 aliphatic carbocycles. The van der Waals surface area contributed by atoms with E-state index in [1.54, 1.807) is 13.4 Å². The molecule has 2 heterocycles. The second-order valence-corrected chi connectivity index (χ2v) is 7.32. The molecule has 1 aliphatic rings. The van der Waals surface area contributed by atoms with Crippen LogP contribution in [-0.4, -0.2) is 45.1 Å². The first kappa shape index (κ1) is 18.2. The highest BCUT2D eigenvalue weighted by molar-refractivity contribution is 7.70. The summed E-state index contributed by atoms with van der Waals surface area (Å²) in [6.45, 7) is 2.27. The zero-order valence-corrected chi connectivity index (χ0v) is 15.6. The number of aromatic nitrogens is 2. The van der Waals surface area contributed by atoms with Crippen molar-refractivity contribution in [1.29, 1.82) is 0 Å². The Hall–Kier alpha value is -1.64. The second-order valence-electron chi connectivity index (χ2n) is 6.09. The molecule has 3 rings (SSSR count). The lowest BCUT2D eigenvalue weighted by molar-refractivity contribution is 0.381. The Bertz CT molecular complexity index is 814. The molecule has 0 saturated carbocycles. The molecule has 1 aromatic carbocycles. The molecule has 7 nitrogen and oxygen atoms in total. The first-order valence-electron chi connectivity index (χ1n) is 8.19. The Morgan fingerprint density at radius 3 is 2.76 bits per heavy atom. The van der Waals surface area contributed by atoms with E-state index in [4.69, 9.17) is 16.3 Å². The Labute approximate surface area is 153 Å². The summed E-state index contributed by atoms with van der Waals surface area (Å²) in [6, 6.07) is 3.68. The van der Waals surface area contributed by atoms with Crippen LogP contribution in [0.3, 0.4) is 0 Å². The van der Waals surface area contributed by atoms with Crippen molar-refractivity contribution in [3.63, 3.8) is 0 Å². The second kappa shape index (κ2) is 8.16. The van der Waals surface area contributed by atoms with Crippen molar-refractivity contribution in [2.24, 2.45) is 5.92 Å². The lowest BCUT2D eigenvalue weighted by Gasteiger charge is -2.33. The van der Waals surface area contributed by atoms with E-state index in [0.29, 0.717) is 23.2 Å². The van der Waals surface area contributed by atoms with Crippen LogP contribution in [0.25, 0.3) is 10.9 Å². The summed E-state index contributed by atoms with van der Waals surface area (Å²) in [6.07, 6.45) is 4.44. The Kier molecular flexibility index (Phi) is 5.93. The molecule has 2 aromatic rings. The van der Waals surface area contributed by atoms with Crippen LogP contribution in [-0.2, 0) is 10.9 Å². The summed E-state index contributed by atoms with van der Waals surface area (Å²) in [5.74, 6) is 2.01. The molecule has 136 valence electrons. The maximum absolute atomic E-state index is 10.6. The number of piperidine rings is 1. The summed E-state index contributed by atoms with van der Waals surface area (Å²) >= 11 is 6.26. The lowest BCUT2D eigenvalue weighted by Crippen LogP contribution is -2.35. The number of anilines is 1. The average Bonchev–Trinajstić information content (AvgIpc) is 2.61. The van der Waals surface area contributed by atoms with E-state index in [9.17, 15) is 8.42 Å². The number of thiol groups is 1. The summed E-state index contributed by atoms with van der Waals surface area (Å²) in [5.41, 5.74) is 0.803. The van der Waals surface area contributed by atoms with Crippen molar-refractivity contribution in [3.8, 4) is 5.75 Å². The number of fused-ring (bicyclic) bond motifs is 1. The highest BCUT2D eigenvalue weighted by Crippen LogP contribution is 2.34. The van der Waals surface area contributed by atoms with Gasteiger partial charge in [0.15, 0.2) is 0 Å². The van der Waals surface area contributed by atoms with Gasteiger partial charge in [0.05, 0.1) is 17.6 Å². The number of benzene rings is 1. The average molecular weight is 385 g/mol. The Balaban J connectivity index is 1.72. The minimum atomic E-state index is -2.50. The topological polar surface area (TPSA) is 84.4 Å². The zero-order chi connectivity index (χ0) is 17.8. The van der Waals surface area contributed by atoms with Crippen LogP contribution >= 0.6 is 11.6 Å². The van der Waals surface area contributed by atoms with Gasteiger partial charge in [-0.2, -0.15) is 0 Å². The molecular formula is C16H21ClN4O3S. The quantitative estimate of drug-likeness (QED) is 0.741. The number of nitrogens with zero attached hydrogens (tertiary/aromatic N) is 3. The summed E-state index contributed by atoms with van der Waals surface area (Å²) < 4.78 is 28.8. The number of hydrogen-bond donors (Lipinski definition) is 2. The highest BCUT2D eigenvalue weighted by atomic mass is 35.5. The molecule has 1 N–H and O–H groups in total. The van der Waals surface area contributed by atoms with Crippen LogP contribution in [0.2, 0.25) is 5.02 Å². The standard InChI is InChI=1S/C16H21ClN4O3S/c1-24-15-9-14-12(8-13(15)17)16(19-10-18-14)21-6-3-11(4-7-21)2-5-20-25(22)23/h8-11,25H,2-7H2,1H3,(H,20,22,23). The summed E-state index contributed by atoms with van der Waals surface area (Å²) in [4.78, 5) is 11.0. The van der Waals surface area contributed by atoms with Crippen molar-refractivity contribution < 1.29 is 13.2 Å². The van der Waals surface area contributed by atoms with Crippen molar-refractivity contribution in [2.75, 3.05) is 31.6 Å². The molecule has 1 fully saturated rings. The van der Waals surface area contributed by atoms with Crippen molar-refractivity contribution in [1.82, 2.24) is 14.7 Å². The first-order chi connectivity index (χ1) is 12.1. The van der Waals surface area contributed by atoms with Crippen molar-refractivity contribution in [2.45, 2.75) is 19.3 Å². The van der Waals surface area contributed by atoms with E-state index in [2.05, 4.69) is 19.6 Å². The molecule has 9 heteroatoms. The monoisotopic (exact) mass is 384 g/mol. The van der Waals surface area contributed by atoms with Gasteiger partial charge in [0.2, 0.25) is 10.9 Å². The fourth-order valence-electron chi connectivity index (χ4n) is 3.25. The third kappa shape index (κ3) is 4.31. The van der Waals surface area contributed by atoms with Gasteiger partial charge in [-0.05, 0) is 31.2 Å². The van der Waals surface area contributed by atoms with Gasteiger partial charge in [0.1, 0.15) is 17.9 Å². The molecule has 0 amide bonds. The summed E-state index contributed by atoms with van der Waals surface area (Å²) in [7, 11) is -0.919. The smallest absolute Gasteiger partial charge is 0.201 e. The van der Waals surface area contributed by atoms with E-state index in [-0.39, 0.29) is 0 Å². The molecule has 0 radical (unpaired) electrons. The van der Waals surface area contributed by atoms with Gasteiger partial charge in [-0.1, -0.05) is 11.6 Å². The number of halogens is 1. The number of nitrogens with one attached hydrogen (secondary N) is 1. The molecule has 1 saturated heterocycles. The largest absolute Gasteiger partial charge is 0.495 e. The van der Waals surface area contributed by atoms with E-state index in [1.165, 1.54) is 0 Å². The predicted octanol–water partition coefficient (Wildman–Crippen LogP) is 2.01. The molecular weight excluding hydrogens is 364 g/mol. The normalized spacial score (nSPS) is 15.9. The van der Waals surface area contributed by atoms with Gasteiger partial charge < -0.3 is 9.64 Å². The van der Waals surface area contributed by atoms with Crippen LogP contribution in [0, 0.1) is 5.92 Å². The number of ether oxygens (including phenoxy) is 1. The third-order valence-electron chi connectivity index (χ3n) is 4.60.